The van der Waals surface area contributed by atoms with E-state index in [0.717, 1.165) is 10.9 Å². The molecule has 2 rings (SSSR count). The van der Waals surface area contributed by atoms with E-state index in [2.05, 4.69) is 0 Å². The number of hydrogen-bond acceptors (Lipinski definition) is 2. The van der Waals surface area contributed by atoms with Crippen LogP contribution in [0.2, 0.25) is 0 Å². The summed E-state index contributed by atoms with van der Waals surface area (Å²) in [6.07, 6.45) is 0. The molecule has 76 valence electrons. The Morgan fingerprint density at radius 2 is 1.87 bits per heavy atom. The maximum atomic E-state index is 10.7. The van der Waals surface area contributed by atoms with Gasteiger partial charge in [-0.2, -0.15) is 0 Å². The number of hydrogen-bond donors (Lipinski definition) is 0. The summed E-state index contributed by atoms with van der Waals surface area (Å²) in [6, 6.07) is 14.1. The van der Waals surface area contributed by atoms with Crippen LogP contribution in [0.25, 0.3) is 10.8 Å². The van der Waals surface area contributed by atoms with Crippen LogP contribution in [0.15, 0.2) is 42.5 Å². The standard InChI is InChI=1S/C13H12O2/c1-10(14)15-9-12-7-4-6-11-5-2-3-8-13(11)12/h2-8H,9H2,1H3. The molecule has 0 unspecified atom stereocenters. The van der Waals surface area contributed by atoms with Gasteiger partial charge in [0, 0.05) is 6.92 Å². The Bertz CT molecular complexity index is 483. The zero-order valence-electron chi connectivity index (χ0n) is 8.57. The molecule has 2 nitrogen and oxygen atoms in total. The average molecular weight is 200 g/mol. The van der Waals surface area contributed by atoms with Crippen LogP contribution in [0.4, 0.5) is 0 Å². The van der Waals surface area contributed by atoms with E-state index in [-0.39, 0.29) is 5.97 Å². The molecular formula is C13H12O2. The molecule has 0 N–H and O–H groups in total. The van der Waals surface area contributed by atoms with Crippen LogP contribution in [-0.4, -0.2) is 5.97 Å². The first-order valence-electron chi connectivity index (χ1n) is 4.87. The molecule has 0 spiro atoms. The van der Waals surface area contributed by atoms with Crippen LogP contribution in [-0.2, 0) is 16.1 Å². The minimum Gasteiger partial charge on any atom is -0.461 e. The largest absolute Gasteiger partial charge is 0.461 e. The van der Waals surface area contributed by atoms with Crippen LogP contribution >= 0.6 is 0 Å². The molecule has 0 aliphatic rings. The molecule has 2 heteroatoms. The molecule has 0 fully saturated rings. The second-order valence-corrected chi connectivity index (χ2v) is 3.42. The molecule has 0 aromatic heterocycles. The van der Waals surface area contributed by atoms with Gasteiger partial charge in [-0.15, -0.1) is 0 Å². The van der Waals surface area contributed by atoms with Crippen molar-refractivity contribution in [3.63, 3.8) is 0 Å². The van der Waals surface area contributed by atoms with Gasteiger partial charge in [0.2, 0.25) is 0 Å². The number of benzene rings is 2. The summed E-state index contributed by atoms with van der Waals surface area (Å²) in [6.45, 7) is 1.77. The number of fused-ring (bicyclic) bond motifs is 1. The highest BCUT2D eigenvalue weighted by Crippen LogP contribution is 2.18. The summed E-state index contributed by atoms with van der Waals surface area (Å²) < 4.78 is 5.00. The van der Waals surface area contributed by atoms with Crippen molar-refractivity contribution in [2.24, 2.45) is 0 Å². The Labute approximate surface area is 88.5 Å². The van der Waals surface area contributed by atoms with Crippen molar-refractivity contribution in [2.45, 2.75) is 13.5 Å². The smallest absolute Gasteiger partial charge is 0.302 e. The summed E-state index contributed by atoms with van der Waals surface area (Å²) in [5, 5.41) is 2.31. The average Bonchev–Trinajstić information content (AvgIpc) is 2.26. The van der Waals surface area contributed by atoms with Crippen LogP contribution in [0.5, 0.6) is 0 Å². The van der Waals surface area contributed by atoms with Gasteiger partial charge < -0.3 is 4.74 Å². The first kappa shape index (κ1) is 9.71. The molecule has 0 saturated carbocycles. The maximum Gasteiger partial charge on any atom is 0.302 e. The fourth-order valence-corrected chi connectivity index (χ4v) is 1.60. The second kappa shape index (κ2) is 4.13. The minimum absolute atomic E-state index is 0.247. The van der Waals surface area contributed by atoms with Gasteiger partial charge in [0.05, 0.1) is 0 Å². The van der Waals surface area contributed by atoms with E-state index in [4.69, 9.17) is 4.74 Å². The number of carbonyl (C=O) groups excluding carboxylic acids is 1. The van der Waals surface area contributed by atoms with Gasteiger partial charge in [0.15, 0.2) is 0 Å². The molecule has 2 aromatic carbocycles. The Morgan fingerprint density at radius 3 is 2.67 bits per heavy atom. The fraction of sp³-hybridized carbons (Fsp3) is 0.154. The van der Waals surface area contributed by atoms with Crippen molar-refractivity contribution in [3.05, 3.63) is 48.0 Å². The quantitative estimate of drug-likeness (QED) is 0.697. The summed E-state index contributed by atoms with van der Waals surface area (Å²) in [5.74, 6) is -0.247. The van der Waals surface area contributed by atoms with E-state index in [1.807, 2.05) is 42.5 Å². The predicted octanol–water partition coefficient (Wildman–Crippen LogP) is 2.90. The van der Waals surface area contributed by atoms with Crippen LogP contribution in [0.3, 0.4) is 0 Å². The molecule has 0 radical (unpaired) electrons. The number of esters is 1. The van der Waals surface area contributed by atoms with Gasteiger partial charge in [-0.3, -0.25) is 4.79 Å². The van der Waals surface area contributed by atoms with Crippen LogP contribution in [0, 0.1) is 0 Å². The summed E-state index contributed by atoms with van der Waals surface area (Å²) in [4.78, 5) is 10.7. The molecule has 0 aliphatic carbocycles. The Morgan fingerprint density at radius 1 is 1.13 bits per heavy atom. The van der Waals surface area contributed by atoms with Gasteiger partial charge in [-0.05, 0) is 16.3 Å². The molecule has 0 aliphatic heterocycles. The van der Waals surface area contributed by atoms with Crippen molar-refractivity contribution in [3.8, 4) is 0 Å². The van der Waals surface area contributed by atoms with Crippen molar-refractivity contribution in [1.29, 1.82) is 0 Å². The molecule has 0 saturated heterocycles. The highest BCUT2D eigenvalue weighted by Gasteiger charge is 2.01. The first-order valence-corrected chi connectivity index (χ1v) is 4.87. The van der Waals surface area contributed by atoms with Gasteiger partial charge in [-0.25, -0.2) is 0 Å². The lowest BCUT2D eigenvalue weighted by Crippen LogP contribution is -1.99. The number of rotatable bonds is 2. The zero-order chi connectivity index (χ0) is 10.7. The highest BCUT2D eigenvalue weighted by molar-refractivity contribution is 5.85. The van der Waals surface area contributed by atoms with Gasteiger partial charge >= 0.3 is 5.97 Å². The predicted molar refractivity (Wildman–Crippen MR) is 59.4 cm³/mol. The van der Waals surface area contributed by atoms with E-state index < -0.39 is 0 Å². The first-order chi connectivity index (χ1) is 7.27. The lowest BCUT2D eigenvalue weighted by Gasteiger charge is -2.06. The monoisotopic (exact) mass is 200 g/mol. The summed E-state index contributed by atoms with van der Waals surface area (Å²) >= 11 is 0. The van der Waals surface area contributed by atoms with Crippen molar-refractivity contribution < 1.29 is 9.53 Å². The third-order valence-electron chi connectivity index (χ3n) is 2.31. The van der Waals surface area contributed by atoms with Gasteiger partial charge in [0.25, 0.3) is 0 Å². The van der Waals surface area contributed by atoms with Crippen LogP contribution < -0.4 is 0 Å². The van der Waals surface area contributed by atoms with Crippen molar-refractivity contribution >= 4 is 16.7 Å². The molecule has 0 atom stereocenters. The fourth-order valence-electron chi connectivity index (χ4n) is 1.60. The second-order valence-electron chi connectivity index (χ2n) is 3.42. The van der Waals surface area contributed by atoms with E-state index in [1.165, 1.54) is 12.3 Å². The summed E-state index contributed by atoms with van der Waals surface area (Å²) in [5.41, 5.74) is 1.04. The Balaban J connectivity index is 2.38. The third-order valence-corrected chi connectivity index (χ3v) is 2.31. The Kier molecular flexibility index (Phi) is 2.68. The zero-order valence-corrected chi connectivity index (χ0v) is 8.57. The van der Waals surface area contributed by atoms with Crippen molar-refractivity contribution in [2.75, 3.05) is 0 Å². The number of carbonyl (C=O) groups is 1. The number of ether oxygens (including phenoxy) is 1. The lowest BCUT2D eigenvalue weighted by atomic mass is 10.1. The Hall–Kier alpha value is -1.83. The summed E-state index contributed by atoms with van der Waals surface area (Å²) in [7, 11) is 0. The maximum absolute atomic E-state index is 10.7. The minimum atomic E-state index is -0.247. The van der Waals surface area contributed by atoms with Crippen LogP contribution in [0.1, 0.15) is 12.5 Å². The molecular weight excluding hydrogens is 188 g/mol. The molecule has 2 aromatic rings. The third kappa shape index (κ3) is 2.15. The van der Waals surface area contributed by atoms with E-state index in [0.29, 0.717) is 6.61 Å². The molecule has 0 heterocycles. The molecule has 15 heavy (non-hydrogen) atoms. The van der Waals surface area contributed by atoms with Gasteiger partial charge in [-0.1, -0.05) is 42.5 Å². The van der Waals surface area contributed by atoms with Gasteiger partial charge in [0.1, 0.15) is 6.61 Å². The van der Waals surface area contributed by atoms with Crippen molar-refractivity contribution in [1.82, 2.24) is 0 Å². The highest BCUT2D eigenvalue weighted by atomic mass is 16.5. The lowest BCUT2D eigenvalue weighted by molar-refractivity contribution is -0.142. The van der Waals surface area contributed by atoms with E-state index in [9.17, 15) is 4.79 Å². The molecule has 0 bridgehead atoms. The SMILES string of the molecule is CC(=O)OCc1cccc2ccccc12. The normalized spacial score (nSPS) is 10.2. The topological polar surface area (TPSA) is 26.3 Å². The van der Waals surface area contributed by atoms with E-state index in [1.54, 1.807) is 0 Å². The van der Waals surface area contributed by atoms with E-state index >= 15 is 0 Å². The molecule has 0 amide bonds.